The maximum absolute atomic E-state index is 12.2. The molecule has 12 heteroatoms. The molecule has 0 fully saturated rings. The molecule has 0 unspecified atom stereocenters. The molecule has 0 radical (unpaired) electrons. The largest absolute Gasteiger partial charge is 0.443 e. The molecule has 0 aromatic heterocycles. The molecule has 0 N–H and O–H groups in total. The number of ether oxygens (including phenoxy) is 1. The third kappa shape index (κ3) is 9.30. The first-order valence-electron chi connectivity index (χ1n) is 6.90. The number of carbonyl (C=O) groups is 1. The van der Waals surface area contributed by atoms with E-state index in [1.54, 1.807) is 0 Å². The lowest BCUT2D eigenvalue weighted by molar-refractivity contribution is -0.313. The summed E-state index contributed by atoms with van der Waals surface area (Å²) >= 11 is 0. The van der Waals surface area contributed by atoms with Gasteiger partial charge in [0.1, 0.15) is 0 Å². The number of sulfonamides is 1. The van der Waals surface area contributed by atoms with Crippen LogP contribution in [0.15, 0.2) is 0 Å². The summed E-state index contributed by atoms with van der Waals surface area (Å²) in [4.78, 5) is 11.1. The molecule has 24 heavy (non-hydrogen) atoms. The van der Waals surface area contributed by atoms with Gasteiger partial charge in [0.15, 0.2) is 0 Å². The molecule has 0 aromatic carbocycles. The Bertz CT molecular complexity index is 489. The van der Waals surface area contributed by atoms with Gasteiger partial charge in [0.05, 0.1) is 6.26 Å². The fraction of sp³-hybridized carbons (Fsp3) is 0.917. The van der Waals surface area contributed by atoms with Crippen LogP contribution < -0.4 is 0 Å². The number of esters is 1. The van der Waals surface area contributed by atoms with E-state index in [-0.39, 0.29) is 13.0 Å². The highest BCUT2D eigenvalue weighted by Crippen LogP contribution is 2.35. The second-order valence-corrected chi connectivity index (χ2v) is 7.29. The number of unbranched alkanes of at least 4 members (excludes halogenated alkanes) is 3. The Morgan fingerprint density at radius 3 is 1.88 bits per heavy atom. The van der Waals surface area contributed by atoms with Gasteiger partial charge in [-0.15, -0.1) is 0 Å². The SMILES string of the molecule is CN(CCCCCCC(=O)OC(C(F)(F)F)C(F)(F)F)S(C)(=O)=O. The maximum Gasteiger partial charge on any atom is 0.434 e. The number of alkyl halides is 6. The standard InChI is InChI=1S/C12H19F6NO4S/c1-19(24(2,21)22)8-6-4-3-5-7-9(20)23-10(11(13,14)15)12(16,17)18/h10H,3-8H2,1-2H3. The van der Waals surface area contributed by atoms with Crippen molar-refractivity contribution < 1.29 is 44.3 Å². The molecule has 0 aliphatic heterocycles. The van der Waals surface area contributed by atoms with Gasteiger partial charge in [-0.2, -0.15) is 26.3 Å². The van der Waals surface area contributed by atoms with E-state index in [1.807, 2.05) is 0 Å². The van der Waals surface area contributed by atoms with Crippen molar-refractivity contribution >= 4 is 16.0 Å². The van der Waals surface area contributed by atoms with Gasteiger partial charge < -0.3 is 4.74 Å². The van der Waals surface area contributed by atoms with Gasteiger partial charge >= 0.3 is 18.3 Å². The Morgan fingerprint density at radius 1 is 1.00 bits per heavy atom. The molecule has 0 saturated heterocycles. The van der Waals surface area contributed by atoms with Gasteiger partial charge in [0.25, 0.3) is 6.10 Å². The molecule has 144 valence electrons. The van der Waals surface area contributed by atoms with E-state index in [1.165, 1.54) is 7.05 Å². The monoisotopic (exact) mass is 387 g/mol. The normalized spacial score (nSPS) is 13.6. The van der Waals surface area contributed by atoms with Crippen LogP contribution in [0.2, 0.25) is 0 Å². The molecule has 0 aliphatic rings. The second kappa shape index (κ2) is 8.88. The molecule has 0 bridgehead atoms. The minimum atomic E-state index is -5.72. The summed E-state index contributed by atoms with van der Waals surface area (Å²) in [6.45, 7) is 0.230. The number of rotatable bonds is 9. The van der Waals surface area contributed by atoms with Crippen molar-refractivity contribution in [2.24, 2.45) is 0 Å². The van der Waals surface area contributed by atoms with Crippen molar-refractivity contribution in [1.29, 1.82) is 0 Å². The molecular formula is C12H19F6NO4S. The van der Waals surface area contributed by atoms with Gasteiger partial charge in [0.2, 0.25) is 10.0 Å². The summed E-state index contributed by atoms with van der Waals surface area (Å²) in [5, 5.41) is 0. The first kappa shape index (κ1) is 23.0. The second-order valence-electron chi connectivity index (χ2n) is 5.20. The zero-order valence-electron chi connectivity index (χ0n) is 13.1. The van der Waals surface area contributed by atoms with Crippen molar-refractivity contribution in [3.63, 3.8) is 0 Å². The van der Waals surface area contributed by atoms with E-state index in [0.29, 0.717) is 19.3 Å². The van der Waals surface area contributed by atoms with E-state index in [9.17, 15) is 39.6 Å². The molecule has 0 saturated carbocycles. The lowest BCUT2D eigenvalue weighted by Gasteiger charge is -2.22. The fourth-order valence-electron chi connectivity index (χ4n) is 1.63. The van der Waals surface area contributed by atoms with E-state index in [0.717, 1.165) is 10.6 Å². The summed E-state index contributed by atoms with van der Waals surface area (Å²) in [5.74, 6) is -1.58. The summed E-state index contributed by atoms with van der Waals surface area (Å²) < 4.78 is 99.9. The quantitative estimate of drug-likeness (QED) is 0.347. The molecular weight excluding hydrogens is 368 g/mol. The number of nitrogens with zero attached hydrogens (tertiary/aromatic N) is 1. The van der Waals surface area contributed by atoms with Crippen LogP contribution in [0.5, 0.6) is 0 Å². The molecule has 0 aliphatic carbocycles. The van der Waals surface area contributed by atoms with E-state index < -0.39 is 40.9 Å². The van der Waals surface area contributed by atoms with Crippen molar-refractivity contribution in [2.45, 2.75) is 50.6 Å². The summed E-state index contributed by atoms with van der Waals surface area (Å²) in [6, 6.07) is 0. The molecule has 0 spiro atoms. The highest BCUT2D eigenvalue weighted by molar-refractivity contribution is 7.88. The molecule has 0 amide bonds. The molecule has 0 aromatic rings. The Labute approximate surface area is 136 Å². The summed E-state index contributed by atoms with van der Waals surface area (Å²) in [6.07, 6.45) is -13.8. The smallest absolute Gasteiger partial charge is 0.434 e. The van der Waals surface area contributed by atoms with Crippen molar-refractivity contribution in [2.75, 3.05) is 19.8 Å². The van der Waals surface area contributed by atoms with E-state index >= 15 is 0 Å². The van der Waals surface area contributed by atoms with Crippen LogP contribution in [0.25, 0.3) is 0 Å². The molecule has 0 atom stereocenters. The van der Waals surface area contributed by atoms with Crippen LogP contribution >= 0.6 is 0 Å². The summed E-state index contributed by atoms with van der Waals surface area (Å²) in [5.41, 5.74) is 0. The number of hydrogen-bond acceptors (Lipinski definition) is 4. The van der Waals surface area contributed by atoms with Crippen LogP contribution in [0.3, 0.4) is 0 Å². The number of carbonyl (C=O) groups excluding carboxylic acids is 1. The fourth-order valence-corrected chi connectivity index (χ4v) is 2.09. The van der Waals surface area contributed by atoms with E-state index in [4.69, 9.17) is 0 Å². The zero-order valence-corrected chi connectivity index (χ0v) is 13.9. The van der Waals surface area contributed by atoms with Crippen molar-refractivity contribution in [3.05, 3.63) is 0 Å². The zero-order chi connectivity index (χ0) is 19.2. The Balaban J connectivity index is 4.11. The van der Waals surface area contributed by atoms with E-state index in [2.05, 4.69) is 4.74 Å². The molecule has 0 heterocycles. The van der Waals surface area contributed by atoms with Gasteiger partial charge in [-0.25, -0.2) is 12.7 Å². The summed E-state index contributed by atoms with van der Waals surface area (Å²) in [7, 11) is -1.93. The average molecular weight is 387 g/mol. The third-order valence-electron chi connectivity index (χ3n) is 3.01. The van der Waals surface area contributed by atoms with Crippen LogP contribution in [-0.2, 0) is 19.6 Å². The Morgan fingerprint density at radius 2 is 1.46 bits per heavy atom. The number of halogens is 6. The Hall–Kier alpha value is -1.04. The lowest BCUT2D eigenvalue weighted by Crippen LogP contribution is -2.45. The molecule has 5 nitrogen and oxygen atoms in total. The minimum absolute atomic E-state index is 0.0455. The van der Waals surface area contributed by atoms with Crippen molar-refractivity contribution in [3.8, 4) is 0 Å². The van der Waals surface area contributed by atoms with Crippen LogP contribution in [0.4, 0.5) is 26.3 Å². The minimum Gasteiger partial charge on any atom is -0.443 e. The maximum atomic E-state index is 12.2. The Kier molecular flexibility index (Phi) is 8.50. The third-order valence-corrected chi connectivity index (χ3v) is 4.33. The average Bonchev–Trinajstić information content (AvgIpc) is 2.35. The van der Waals surface area contributed by atoms with Crippen LogP contribution in [-0.4, -0.2) is 57.0 Å². The van der Waals surface area contributed by atoms with Gasteiger partial charge in [-0.1, -0.05) is 12.8 Å². The highest BCUT2D eigenvalue weighted by atomic mass is 32.2. The first-order chi connectivity index (χ1) is 10.7. The predicted molar refractivity (Wildman–Crippen MR) is 72.5 cm³/mol. The topological polar surface area (TPSA) is 63.7 Å². The highest BCUT2D eigenvalue weighted by Gasteiger charge is 2.59. The van der Waals surface area contributed by atoms with Crippen LogP contribution in [0, 0.1) is 0 Å². The lowest BCUT2D eigenvalue weighted by atomic mass is 10.1. The first-order valence-corrected chi connectivity index (χ1v) is 8.74. The van der Waals surface area contributed by atoms with Gasteiger partial charge in [0, 0.05) is 20.0 Å². The predicted octanol–water partition coefficient (Wildman–Crippen LogP) is 2.86. The van der Waals surface area contributed by atoms with Gasteiger partial charge in [-0.3, -0.25) is 4.79 Å². The molecule has 0 rings (SSSR count). The van der Waals surface area contributed by atoms with Crippen molar-refractivity contribution in [1.82, 2.24) is 4.31 Å². The number of hydrogen-bond donors (Lipinski definition) is 0. The van der Waals surface area contributed by atoms with Gasteiger partial charge in [-0.05, 0) is 12.8 Å². The van der Waals surface area contributed by atoms with Crippen LogP contribution in [0.1, 0.15) is 32.1 Å².